The van der Waals surface area contributed by atoms with Crippen LogP contribution in [0.1, 0.15) is 134 Å². The van der Waals surface area contributed by atoms with Gasteiger partial charge in [0.1, 0.15) is 18.4 Å². The minimum Gasteiger partial charge on any atom is -0.237 e. The molecule has 0 spiro atoms. The van der Waals surface area contributed by atoms with Gasteiger partial charge in [-0.3, -0.25) is 0 Å². The van der Waals surface area contributed by atoms with Gasteiger partial charge in [0, 0.05) is 5.41 Å². The maximum atomic E-state index is 2.53. The minimum absolute atomic E-state index is 0.0185. The molecule has 0 bridgehead atoms. The SMILES string of the molecule is CCCCCCCCCCCCCC[n+]1ccn(C(CCCC)C(C)(Cc2ccccc2)c2ccccc2)c1. The summed E-state index contributed by atoms with van der Waals surface area (Å²) in [7, 11) is 0. The molecule has 2 atom stereocenters. The second-order valence-electron chi connectivity index (χ2n) is 12.1. The first-order chi connectivity index (χ1) is 19.2. The Morgan fingerprint density at radius 2 is 1.21 bits per heavy atom. The Labute approximate surface area is 240 Å². The lowest BCUT2D eigenvalue weighted by atomic mass is 9.70. The molecule has 2 heteroatoms. The van der Waals surface area contributed by atoms with Crippen LogP contribution in [0, 0.1) is 0 Å². The average Bonchev–Trinajstić information content (AvgIpc) is 3.43. The van der Waals surface area contributed by atoms with Crippen molar-refractivity contribution in [1.29, 1.82) is 0 Å². The number of aryl methyl sites for hydroxylation is 1. The molecule has 2 aromatic carbocycles. The number of hydrogen-bond acceptors (Lipinski definition) is 0. The van der Waals surface area contributed by atoms with Crippen LogP contribution < -0.4 is 4.57 Å². The van der Waals surface area contributed by atoms with Crippen LogP contribution in [0.15, 0.2) is 79.4 Å². The molecular weight excluding hydrogens is 472 g/mol. The highest BCUT2D eigenvalue weighted by molar-refractivity contribution is 5.30. The summed E-state index contributed by atoms with van der Waals surface area (Å²) in [5.41, 5.74) is 2.88. The van der Waals surface area contributed by atoms with E-state index in [4.69, 9.17) is 0 Å². The zero-order valence-corrected chi connectivity index (χ0v) is 25.5. The molecule has 3 rings (SSSR count). The van der Waals surface area contributed by atoms with Crippen LogP contribution >= 0.6 is 0 Å². The van der Waals surface area contributed by atoms with E-state index in [1.165, 1.54) is 107 Å². The van der Waals surface area contributed by atoms with E-state index in [2.05, 4.69) is 109 Å². The van der Waals surface area contributed by atoms with Crippen LogP contribution in [0.2, 0.25) is 0 Å². The Bertz CT molecular complexity index is 993. The van der Waals surface area contributed by atoms with Crippen molar-refractivity contribution >= 4 is 0 Å². The standard InChI is InChI=1S/C37H57N2/c1-4-6-8-9-10-11-12-13-14-15-16-23-29-38-30-31-39(33-38)36(28-7-5-2)37(3,35-26-21-18-22-27-35)32-34-24-19-17-20-25-34/h17-22,24-27,30-31,33,36H,4-16,23,28-29,32H2,1-3H3/q+1. The topological polar surface area (TPSA) is 8.81 Å². The first-order valence-corrected chi connectivity index (χ1v) is 16.3. The van der Waals surface area contributed by atoms with Gasteiger partial charge in [0.15, 0.2) is 0 Å². The molecule has 214 valence electrons. The summed E-state index contributed by atoms with van der Waals surface area (Å²) in [4.78, 5) is 0. The van der Waals surface area contributed by atoms with Gasteiger partial charge in [0.05, 0.1) is 6.54 Å². The van der Waals surface area contributed by atoms with Gasteiger partial charge in [0.25, 0.3) is 0 Å². The highest BCUT2D eigenvalue weighted by Crippen LogP contribution is 2.41. The highest BCUT2D eigenvalue weighted by atomic mass is 15.1. The zero-order valence-electron chi connectivity index (χ0n) is 25.5. The van der Waals surface area contributed by atoms with Crippen LogP contribution in [-0.4, -0.2) is 4.57 Å². The smallest absolute Gasteiger partial charge is 0.237 e. The zero-order chi connectivity index (χ0) is 27.6. The molecule has 3 aromatic rings. The summed E-state index contributed by atoms with van der Waals surface area (Å²) in [5.74, 6) is 0. The molecule has 0 aliphatic rings. The van der Waals surface area contributed by atoms with E-state index in [1.54, 1.807) is 0 Å². The number of unbranched alkanes of at least 4 members (excludes halogenated alkanes) is 12. The Hall–Kier alpha value is -2.35. The van der Waals surface area contributed by atoms with Crippen molar-refractivity contribution in [2.75, 3.05) is 0 Å². The maximum Gasteiger partial charge on any atom is 0.244 e. The van der Waals surface area contributed by atoms with E-state index in [9.17, 15) is 0 Å². The Balaban J connectivity index is 1.55. The largest absolute Gasteiger partial charge is 0.244 e. The number of rotatable bonds is 21. The van der Waals surface area contributed by atoms with Crippen molar-refractivity contribution < 1.29 is 4.57 Å². The molecule has 0 N–H and O–H groups in total. The first-order valence-electron chi connectivity index (χ1n) is 16.3. The summed E-state index contributed by atoms with van der Waals surface area (Å²) in [5, 5.41) is 0. The van der Waals surface area contributed by atoms with Gasteiger partial charge in [-0.1, -0.05) is 152 Å². The van der Waals surface area contributed by atoms with Crippen molar-refractivity contribution in [2.24, 2.45) is 0 Å². The predicted molar refractivity (Wildman–Crippen MR) is 168 cm³/mol. The van der Waals surface area contributed by atoms with Crippen LogP contribution in [-0.2, 0) is 18.4 Å². The molecule has 0 fully saturated rings. The average molecular weight is 530 g/mol. The minimum atomic E-state index is 0.0185. The number of hydrogen-bond donors (Lipinski definition) is 0. The normalized spacial score (nSPS) is 13.8. The fraction of sp³-hybridized carbons (Fsp3) is 0.595. The Kier molecular flexibility index (Phi) is 14.5. The molecule has 0 aliphatic carbocycles. The molecule has 2 nitrogen and oxygen atoms in total. The van der Waals surface area contributed by atoms with Crippen molar-refractivity contribution in [1.82, 2.24) is 4.57 Å². The van der Waals surface area contributed by atoms with E-state index in [0.717, 1.165) is 13.0 Å². The third-order valence-corrected chi connectivity index (χ3v) is 8.76. The number of benzene rings is 2. The van der Waals surface area contributed by atoms with Gasteiger partial charge in [0.2, 0.25) is 6.33 Å². The molecular formula is C37H57N2+. The van der Waals surface area contributed by atoms with Gasteiger partial charge in [-0.15, -0.1) is 0 Å². The van der Waals surface area contributed by atoms with Gasteiger partial charge in [-0.05, 0) is 43.2 Å². The van der Waals surface area contributed by atoms with Crippen molar-refractivity contribution in [3.63, 3.8) is 0 Å². The van der Waals surface area contributed by atoms with Crippen LogP contribution in [0.3, 0.4) is 0 Å². The lowest BCUT2D eigenvalue weighted by Crippen LogP contribution is -2.38. The van der Waals surface area contributed by atoms with Crippen LogP contribution in [0.5, 0.6) is 0 Å². The quantitative estimate of drug-likeness (QED) is 0.0958. The number of aromatic nitrogens is 2. The van der Waals surface area contributed by atoms with Crippen LogP contribution in [0.25, 0.3) is 0 Å². The summed E-state index contributed by atoms with van der Waals surface area (Å²) in [6.07, 6.45) is 28.6. The molecule has 0 saturated heterocycles. The van der Waals surface area contributed by atoms with Gasteiger partial charge >= 0.3 is 0 Å². The Morgan fingerprint density at radius 1 is 0.667 bits per heavy atom. The number of imidazole rings is 1. The molecule has 0 saturated carbocycles. The van der Waals surface area contributed by atoms with E-state index in [0.29, 0.717) is 6.04 Å². The van der Waals surface area contributed by atoms with Crippen LogP contribution in [0.4, 0.5) is 0 Å². The molecule has 39 heavy (non-hydrogen) atoms. The highest BCUT2D eigenvalue weighted by Gasteiger charge is 2.40. The lowest BCUT2D eigenvalue weighted by Gasteiger charge is -2.36. The third kappa shape index (κ3) is 10.6. The predicted octanol–water partition coefficient (Wildman–Crippen LogP) is 10.4. The second kappa shape index (κ2) is 18.1. The third-order valence-electron chi connectivity index (χ3n) is 8.76. The lowest BCUT2D eigenvalue weighted by molar-refractivity contribution is -0.697. The van der Waals surface area contributed by atoms with E-state index in [1.807, 2.05) is 0 Å². The summed E-state index contributed by atoms with van der Waals surface area (Å²) in [6.45, 7) is 8.24. The molecule has 0 amide bonds. The van der Waals surface area contributed by atoms with E-state index in [-0.39, 0.29) is 5.41 Å². The molecule has 2 unspecified atom stereocenters. The molecule has 0 radical (unpaired) electrons. The molecule has 1 aromatic heterocycles. The maximum absolute atomic E-state index is 2.53. The Morgan fingerprint density at radius 3 is 1.79 bits per heavy atom. The molecule has 1 heterocycles. The van der Waals surface area contributed by atoms with Crippen molar-refractivity contribution in [2.45, 2.75) is 142 Å². The van der Waals surface area contributed by atoms with Crippen molar-refractivity contribution in [3.8, 4) is 0 Å². The van der Waals surface area contributed by atoms with Gasteiger partial charge in [-0.2, -0.15) is 0 Å². The van der Waals surface area contributed by atoms with Crippen molar-refractivity contribution in [3.05, 3.63) is 90.5 Å². The summed E-state index contributed by atoms with van der Waals surface area (Å²) in [6, 6.07) is 22.7. The number of nitrogens with zero attached hydrogens (tertiary/aromatic N) is 2. The fourth-order valence-electron chi connectivity index (χ4n) is 6.31. The van der Waals surface area contributed by atoms with E-state index >= 15 is 0 Å². The summed E-state index contributed by atoms with van der Waals surface area (Å²) >= 11 is 0. The monoisotopic (exact) mass is 529 g/mol. The fourth-order valence-corrected chi connectivity index (χ4v) is 6.31. The van der Waals surface area contributed by atoms with E-state index < -0.39 is 0 Å². The first kappa shape index (κ1) is 31.2. The summed E-state index contributed by atoms with van der Waals surface area (Å²) < 4.78 is 4.97. The van der Waals surface area contributed by atoms with Gasteiger partial charge in [-0.25, -0.2) is 9.13 Å². The van der Waals surface area contributed by atoms with Gasteiger partial charge < -0.3 is 0 Å². The second-order valence-corrected chi connectivity index (χ2v) is 12.1. The molecule has 0 aliphatic heterocycles.